The van der Waals surface area contributed by atoms with Crippen molar-refractivity contribution < 1.29 is 80.2 Å². The van der Waals surface area contributed by atoms with Crippen LogP contribution in [0.3, 0.4) is 0 Å². The maximum Gasteiger partial charge on any atom is 0.472 e. The normalized spacial score (nSPS) is 15.2. The zero-order valence-corrected chi connectivity index (χ0v) is 60.6. The Kier molecular flexibility index (Phi) is 59.4. The lowest BCUT2D eigenvalue weighted by molar-refractivity contribution is -0.161. The van der Waals surface area contributed by atoms with Crippen LogP contribution in [0.4, 0.5) is 0 Å². The Morgan fingerprint density at radius 2 is 0.533 bits per heavy atom. The second-order valence-electron chi connectivity index (χ2n) is 26.8. The molecular formula is C71H138O17P2. The predicted molar refractivity (Wildman–Crippen MR) is 363 cm³/mol. The van der Waals surface area contributed by atoms with E-state index >= 15 is 0 Å². The monoisotopic (exact) mass is 1320 g/mol. The number of esters is 4. The zero-order chi connectivity index (χ0) is 66.8. The van der Waals surface area contributed by atoms with Gasteiger partial charge in [0.25, 0.3) is 0 Å². The molecule has 0 aliphatic carbocycles. The molecule has 17 nitrogen and oxygen atoms in total. The third-order valence-electron chi connectivity index (χ3n) is 17.4. The number of rotatable bonds is 68. The molecule has 0 bridgehead atoms. The maximum atomic E-state index is 13.0. The van der Waals surface area contributed by atoms with Gasteiger partial charge in [0.1, 0.15) is 19.3 Å². The van der Waals surface area contributed by atoms with Gasteiger partial charge in [-0.3, -0.25) is 37.3 Å². The molecule has 0 aliphatic heterocycles. The zero-order valence-electron chi connectivity index (χ0n) is 58.8. The van der Waals surface area contributed by atoms with Crippen LogP contribution in [0.1, 0.15) is 351 Å². The van der Waals surface area contributed by atoms with Crippen molar-refractivity contribution in [2.75, 3.05) is 39.6 Å². The summed E-state index contributed by atoms with van der Waals surface area (Å²) in [5.74, 6) is 0.894. The standard InChI is InChI=1S/C71H138O17P2/c1-9-62(6)48-40-32-24-21-22-26-37-45-53-70(75)87-66(57-81-68(73)51-43-35-25-20-18-16-14-12-13-15-17-19-23-31-39-47-61(4)5)59-85-89(77,78)83-55-65(72)56-84-90(79,80)86-60-67(88-71(76)54-46-38-30-28-34-42-50-64(8)11-3)58-82-69(74)52-44-36-29-27-33-41-49-63(7)10-2/h61-67,72H,9-60H2,1-8H3,(H,77,78)(H,79,80)/t62?,63?,64?,65-,66-,67-/m1/s1. The van der Waals surface area contributed by atoms with Crippen LogP contribution in [0.15, 0.2) is 0 Å². The Hall–Kier alpha value is -1.94. The van der Waals surface area contributed by atoms with Gasteiger partial charge in [0.2, 0.25) is 0 Å². The van der Waals surface area contributed by atoms with Crippen LogP contribution in [0.5, 0.6) is 0 Å². The molecule has 0 aromatic rings. The highest BCUT2D eigenvalue weighted by atomic mass is 31.2. The largest absolute Gasteiger partial charge is 0.472 e. The van der Waals surface area contributed by atoms with E-state index in [1.165, 1.54) is 148 Å². The van der Waals surface area contributed by atoms with Crippen molar-refractivity contribution in [2.45, 2.75) is 369 Å². The summed E-state index contributed by atoms with van der Waals surface area (Å²) < 4.78 is 68.3. The van der Waals surface area contributed by atoms with Crippen LogP contribution in [0.25, 0.3) is 0 Å². The number of carbonyl (C=O) groups excluding carboxylic acids is 4. The molecule has 0 radical (unpaired) electrons. The first-order chi connectivity index (χ1) is 43.2. The fraction of sp³-hybridized carbons (Fsp3) is 0.944. The van der Waals surface area contributed by atoms with Gasteiger partial charge in [-0.15, -0.1) is 0 Å². The Bertz CT molecular complexity index is 1790. The first-order valence-corrected chi connectivity index (χ1v) is 39.8. The number of aliphatic hydroxyl groups is 1. The Morgan fingerprint density at radius 1 is 0.311 bits per heavy atom. The van der Waals surface area contributed by atoms with Crippen LogP contribution in [0.2, 0.25) is 0 Å². The van der Waals surface area contributed by atoms with Gasteiger partial charge in [-0.05, 0) is 49.4 Å². The van der Waals surface area contributed by atoms with E-state index < -0.39 is 97.5 Å². The molecular weight excluding hydrogens is 1190 g/mol. The molecule has 5 unspecified atom stereocenters. The minimum absolute atomic E-state index is 0.102. The van der Waals surface area contributed by atoms with Gasteiger partial charge in [0.15, 0.2) is 12.2 Å². The van der Waals surface area contributed by atoms with Gasteiger partial charge in [-0.2, -0.15) is 0 Å². The second kappa shape index (κ2) is 60.7. The van der Waals surface area contributed by atoms with E-state index in [4.69, 9.17) is 37.0 Å². The first-order valence-electron chi connectivity index (χ1n) is 36.8. The van der Waals surface area contributed by atoms with E-state index in [1.807, 2.05) is 0 Å². The summed E-state index contributed by atoms with van der Waals surface area (Å²) in [6.07, 6.45) is 43.1. The van der Waals surface area contributed by atoms with E-state index in [1.54, 1.807) is 0 Å². The molecule has 0 rings (SSSR count). The summed E-state index contributed by atoms with van der Waals surface area (Å²) in [7, 11) is -9.90. The first kappa shape index (κ1) is 88.1. The summed E-state index contributed by atoms with van der Waals surface area (Å²) in [4.78, 5) is 72.5. The van der Waals surface area contributed by atoms with Crippen molar-refractivity contribution >= 4 is 39.5 Å². The molecule has 3 N–H and O–H groups in total. The smallest absolute Gasteiger partial charge is 0.462 e. The summed E-state index contributed by atoms with van der Waals surface area (Å²) in [6, 6.07) is 0. The number of phosphoric acid groups is 2. The van der Waals surface area contributed by atoms with Crippen molar-refractivity contribution in [2.24, 2.45) is 23.7 Å². The van der Waals surface area contributed by atoms with Crippen LogP contribution in [-0.2, 0) is 65.4 Å². The number of unbranched alkanes of at least 4 members (excludes halogenated alkanes) is 31. The Morgan fingerprint density at radius 3 is 0.789 bits per heavy atom. The van der Waals surface area contributed by atoms with Crippen LogP contribution in [-0.4, -0.2) is 96.7 Å². The molecule has 0 saturated carbocycles. The molecule has 0 spiro atoms. The Balaban J connectivity index is 5.22. The number of phosphoric ester groups is 2. The van der Waals surface area contributed by atoms with E-state index in [9.17, 15) is 43.2 Å². The Labute approximate surface area is 549 Å². The van der Waals surface area contributed by atoms with Gasteiger partial charge in [0.05, 0.1) is 26.4 Å². The molecule has 0 fully saturated rings. The minimum Gasteiger partial charge on any atom is -0.462 e. The molecule has 0 aliphatic rings. The highest BCUT2D eigenvalue weighted by Crippen LogP contribution is 2.45. The summed E-state index contributed by atoms with van der Waals surface area (Å²) >= 11 is 0. The van der Waals surface area contributed by atoms with E-state index in [2.05, 4.69) is 55.4 Å². The lowest BCUT2D eigenvalue weighted by atomic mass is 9.99. The highest BCUT2D eigenvalue weighted by Gasteiger charge is 2.30. The number of aliphatic hydroxyl groups excluding tert-OH is 1. The van der Waals surface area contributed by atoms with E-state index in [-0.39, 0.29) is 25.7 Å². The quantitative estimate of drug-likeness (QED) is 0.0222. The molecule has 19 heteroatoms. The number of carbonyl (C=O) groups is 4. The van der Waals surface area contributed by atoms with Crippen molar-refractivity contribution in [3.63, 3.8) is 0 Å². The number of hydrogen-bond donors (Lipinski definition) is 3. The van der Waals surface area contributed by atoms with Gasteiger partial charge in [-0.1, -0.05) is 299 Å². The van der Waals surface area contributed by atoms with Crippen molar-refractivity contribution in [1.82, 2.24) is 0 Å². The molecule has 0 aromatic heterocycles. The maximum absolute atomic E-state index is 13.0. The number of hydrogen-bond acceptors (Lipinski definition) is 15. The van der Waals surface area contributed by atoms with E-state index in [0.717, 1.165) is 120 Å². The van der Waals surface area contributed by atoms with Gasteiger partial charge >= 0.3 is 39.5 Å². The topological polar surface area (TPSA) is 237 Å². The number of ether oxygens (including phenoxy) is 4. The molecule has 0 aromatic carbocycles. The van der Waals surface area contributed by atoms with Gasteiger partial charge in [-0.25, -0.2) is 9.13 Å². The SMILES string of the molecule is CCC(C)CCCCCCCCCCC(=O)O[C@H](COC(=O)CCCCCCCCCCCCCCCCCC(C)C)COP(=O)(O)OC[C@@H](O)COP(=O)(O)OC[C@@H](COC(=O)CCCCCCCCC(C)CC)OC(=O)CCCCCCCCC(C)CC. The fourth-order valence-corrected chi connectivity index (χ4v) is 12.1. The lowest BCUT2D eigenvalue weighted by Gasteiger charge is -2.21. The predicted octanol–water partition coefficient (Wildman–Crippen LogP) is 20.1. The molecule has 0 amide bonds. The van der Waals surface area contributed by atoms with Crippen LogP contribution < -0.4 is 0 Å². The summed E-state index contributed by atoms with van der Waals surface area (Å²) in [5, 5.41) is 10.6. The molecule has 0 heterocycles. The molecule has 534 valence electrons. The fourth-order valence-electron chi connectivity index (χ4n) is 10.6. The minimum atomic E-state index is -4.95. The average molecular weight is 1330 g/mol. The summed E-state index contributed by atoms with van der Waals surface area (Å²) in [5.41, 5.74) is 0. The molecule has 8 atom stereocenters. The van der Waals surface area contributed by atoms with Crippen molar-refractivity contribution in [1.29, 1.82) is 0 Å². The van der Waals surface area contributed by atoms with Gasteiger partial charge in [0, 0.05) is 25.7 Å². The molecule has 90 heavy (non-hydrogen) atoms. The van der Waals surface area contributed by atoms with Crippen LogP contribution in [0, 0.1) is 23.7 Å². The van der Waals surface area contributed by atoms with Gasteiger partial charge < -0.3 is 33.8 Å². The average Bonchev–Trinajstić information content (AvgIpc) is 3.12. The van der Waals surface area contributed by atoms with Crippen molar-refractivity contribution in [3.05, 3.63) is 0 Å². The van der Waals surface area contributed by atoms with Crippen LogP contribution >= 0.6 is 15.6 Å². The van der Waals surface area contributed by atoms with Crippen molar-refractivity contribution in [3.8, 4) is 0 Å². The lowest BCUT2D eigenvalue weighted by Crippen LogP contribution is -2.30. The third kappa shape index (κ3) is 61.0. The highest BCUT2D eigenvalue weighted by molar-refractivity contribution is 7.47. The third-order valence-corrected chi connectivity index (χ3v) is 19.3. The van der Waals surface area contributed by atoms with E-state index in [0.29, 0.717) is 25.7 Å². The molecule has 0 saturated heterocycles. The summed E-state index contributed by atoms with van der Waals surface area (Å²) in [6.45, 7) is 14.1. The second-order valence-corrected chi connectivity index (χ2v) is 29.7.